The molecular weight excluding hydrogens is 317 g/mol. The second-order valence-electron chi connectivity index (χ2n) is 7.42. The van der Waals surface area contributed by atoms with E-state index in [0.29, 0.717) is 30.3 Å². The Kier molecular flexibility index (Phi) is 5.27. The van der Waals surface area contributed by atoms with Crippen LogP contribution in [-0.2, 0) is 4.79 Å². The Bertz CT molecular complexity index is 670. The van der Waals surface area contributed by atoms with Gasteiger partial charge in [-0.05, 0) is 43.9 Å². The third-order valence-corrected chi connectivity index (χ3v) is 5.81. The van der Waals surface area contributed by atoms with Crippen molar-refractivity contribution in [3.8, 4) is 6.07 Å². The van der Waals surface area contributed by atoms with E-state index in [-0.39, 0.29) is 11.7 Å². The van der Waals surface area contributed by atoms with Gasteiger partial charge in [0, 0.05) is 18.8 Å². The van der Waals surface area contributed by atoms with Crippen LogP contribution in [0.3, 0.4) is 0 Å². The van der Waals surface area contributed by atoms with E-state index in [1.807, 2.05) is 11.9 Å². The van der Waals surface area contributed by atoms with Gasteiger partial charge in [-0.3, -0.25) is 4.79 Å². The average molecular weight is 343 g/mol. The molecule has 25 heavy (non-hydrogen) atoms. The van der Waals surface area contributed by atoms with E-state index in [4.69, 9.17) is 0 Å². The molecule has 0 bridgehead atoms. The summed E-state index contributed by atoms with van der Waals surface area (Å²) >= 11 is 0. The Morgan fingerprint density at radius 2 is 1.92 bits per heavy atom. The molecule has 5 heteroatoms. The maximum absolute atomic E-state index is 14.6. The SMILES string of the molecule is CN(c1ccc(NC(=O)C2(C#N)CCCC2)cc1F)C1CCCCC1. The highest BCUT2D eigenvalue weighted by Gasteiger charge is 2.41. The van der Waals surface area contributed by atoms with Gasteiger partial charge in [0.1, 0.15) is 11.2 Å². The smallest absolute Gasteiger partial charge is 0.244 e. The molecule has 0 radical (unpaired) electrons. The highest BCUT2D eigenvalue weighted by Crippen LogP contribution is 2.38. The minimum Gasteiger partial charge on any atom is -0.369 e. The molecule has 0 aromatic heterocycles. The summed E-state index contributed by atoms with van der Waals surface area (Å²) in [4.78, 5) is 14.5. The minimum atomic E-state index is -0.950. The highest BCUT2D eigenvalue weighted by molar-refractivity contribution is 5.97. The maximum Gasteiger partial charge on any atom is 0.244 e. The molecule has 2 fully saturated rings. The summed E-state index contributed by atoms with van der Waals surface area (Å²) in [5, 5.41) is 12.1. The zero-order chi connectivity index (χ0) is 17.9. The van der Waals surface area contributed by atoms with Crippen LogP contribution in [0, 0.1) is 22.6 Å². The molecule has 0 saturated heterocycles. The summed E-state index contributed by atoms with van der Waals surface area (Å²) in [6, 6.07) is 7.38. The molecule has 2 aliphatic carbocycles. The summed E-state index contributed by atoms with van der Waals surface area (Å²) in [6.45, 7) is 0. The summed E-state index contributed by atoms with van der Waals surface area (Å²) in [5.74, 6) is -0.636. The zero-order valence-corrected chi connectivity index (χ0v) is 14.9. The number of rotatable bonds is 4. The number of anilines is 2. The normalized spacial score (nSPS) is 20.0. The van der Waals surface area contributed by atoms with Crippen LogP contribution in [0.15, 0.2) is 18.2 Å². The molecular formula is C20H26FN3O. The quantitative estimate of drug-likeness (QED) is 0.868. The van der Waals surface area contributed by atoms with Crippen molar-refractivity contribution in [1.29, 1.82) is 5.26 Å². The predicted octanol–water partition coefficient (Wildman–Crippen LogP) is 4.62. The Balaban J connectivity index is 1.71. The van der Waals surface area contributed by atoms with Crippen LogP contribution < -0.4 is 10.2 Å². The molecule has 0 heterocycles. The molecule has 0 unspecified atom stereocenters. The zero-order valence-electron chi connectivity index (χ0n) is 14.9. The fourth-order valence-corrected chi connectivity index (χ4v) is 4.15. The first-order chi connectivity index (χ1) is 12.1. The van der Waals surface area contributed by atoms with E-state index in [1.165, 1.54) is 25.3 Å². The number of nitrogens with zero attached hydrogens (tertiary/aromatic N) is 2. The Labute approximate surface area is 149 Å². The molecule has 4 nitrogen and oxygen atoms in total. The standard InChI is InChI=1S/C20H26FN3O/c1-24(16-7-3-2-4-8-16)18-10-9-15(13-17(18)21)23-19(25)20(14-22)11-5-6-12-20/h9-10,13,16H,2-8,11-12H2,1H3,(H,23,25). The molecule has 1 amide bonds. The van der Waals surface area contributed by atoms with Gasteiger partial charge in [0.05, 0.1) is 11.8 Å². The van der Waals surface area contributed by atoms with Gasteiger partial charge in [-0.2, -0.15) is 5.26 Å². The van der Waals surface area contributed by atoms with Gasteiger partial charge in [0.25, 0.3) is 0 Å². The second-order valence-corrected chi connectivity index (χ2v) is 7.42. The van der Waals surface area contributed by atoms with Crippen molar-refractivity contribution in [3.63, 3.8) is 0 Å². The van der Waals surface area contributed by atoms with Gasteiger partial charge >= 0.3 is 0 Å². The second kappa shape index (κ2) is 7.43. The molecule has 0 aliphatic heterocycles. The molecule has 1 aromatic carbocycles. The van der Waals surface area contributed by atoms with Gasteiger partial charge in [0.15, 0.2) is 0 Å². The third kappa shape index (κ3) is 3.63. The van der Waals surface area contributed by atoms with E-state index in [9.17, 15) is 14.4 Å². The summed E-state index contributed by atoms with van der Waals surface area (Å²) in [7, 11) is 1.94. The number of benzene rings is 1. The fraction of sp³-hybridized carbons (Fsp3) is 0.600. The molecule has 0 spiro atoms. The molecule has 3 rings (SSSR count). The number of carbonyl (C=O) groups is 1. The number of amides is 1. The summed E-state index contributed by atoms with van der Waals surface area (Å²) in [5.41, 5.74) is 0.0409. The van der Waals surface area contributed by atoms with Crippen molar-refractivity contribution < 1.29 is 9.18 Å². The Hall–Kier alpha value is -2.09. The van der Waals surface area contributed by atoms with Crippen LogP contribution in [0.5, 0.6) is 0 Å². The van der Waals surface area contributed by atoms with Crippen molar-refractivity contribution in [2.24, 2.45) is 5.41 Å². The van der Waals surface area contributed by atoms with Gasteiger partial charge in [0.2, 0.25) is 5.91 Å². The lowest BCUT2D eigenvalue weighted by atomic mass is 9.87. The van der Waals surface area contributed by atoms with Crippen LogP contribution in [-0.4, -0.2) is 19.0 Å². The Morgan fingerprint density at radius 1 is 1.24 bits per heavy atom. The van der Waals surface area contributed by atoms with Crippen LogP contribution in [0.4, 0.5) is 15.8 Å². The number of hydrogen-bond donors (Lipinski definition) is 1. The lowest BCUT2D eigenvalue weighted by molar-refractivity contribution is -0.122. The van der Waals surface area contributed by atoms with Gasteiger partial charge in [-0.25, -0.2) is 4.39 Å². The van der Waals surface area contributed by atoms with Gasteiger partial charge in [-0.15, -0.1) is 0 Å². The minimum absolute atomic E-state index is 0.305. The van der Waals surface area contributed by atoms with E-state index in [0.717, 1.165) is 25.7 Å². The fourth-order valence-electron chi connectivity index (χ4n) is 4.15. The predicted molar refractivity (Wildman–Crippen MR) is 96.8 cm³/mol. The number of carbonyl (C=O) groups excluding carboxylic acids is 1. The Morgan fingerprint density at radius 3 is 2.52 bits per heavy atom. The van der Waals surface area contributed by atoms with Crippen molar-refractivity contribution in [1.82, 2.24) is 0 Å². The number of hydrogen-bond acceptors (Lipinski definition) is 3. The molecule has 2 saturated carbocycles. The van der Waals surface area contributed by atoms with E-state index in [2.05, 4.69) is 11.4 Å². The van der Waals surface area contributed by atoms with Crippen molar-refractivity contribution in [2.75, 3.05) is 17.3 Å². The lowest BCUT2D eigenvalue weighted by Gasteiger charge is -2.33. The van der Waals surface area contributed by atoms with Crippen molar-refractivity contribution in [3.05, 3.63) is 24.0 Å². The van der Waals surface area contributed by atoms with Crippen LogP contribution in [0.2, 0.25) is 0 Å². The van der Waals surface area contributed by atoms with E-state index < -0.39 is 5.41 Å². The van der Waals surface area contributed by atoms with E-state index >= 15 is 0 Å². The molecule has 0 atom stereocenters. The highest BCUT2D eigenvalue weighted by atomic mass is 19.1. The van der Waals surface area contributed by atoms with Crippen molar-refractivity contribution >= 4 is 17.3 Å². The number of nitrogens with one attached hydrogen (secondary N) is 1. The summed E-state index contributed by atoms with van der Waals surface area (Å²) in [6.07, 6.45) is 8.79. The number of halogens is 1. The average Bonchev–Trinajstić information content (AvgIpc) is 3.12. The first-order valence-corrected chi connectivity index (χ1v) is 9.31. The monoisotopic (exact) mass is 343 g/mol. The van der Waals surface area contributed by atoms with E-state index in [1.54, 1.807) is 12.1 Å². The van der Waals surface area contributed by atoms with Crippen LogP contribution in [0.25, 0.3) is 0 Å². The first-order valence-electron chi connectivity index (χ1n) is 9.31. The first kappa shape index (κ1) is 17.7. The van der Waals surface area contributed by atoms with Gasteiger partial charge < -0.3 is 10.2 Å². The number of nitriles is 1. The largest absolute Gasteiger partial charge is 0.369 e. The summed E-state index contributed by atoms with van der Waals surface area (Å²) < 4.78 is 14.6. The van der Waals surface area contributed by atoms with Crippen molar-refractivity contribution in [2.45, 2.75) is 63.8 Å². The lowest BCUT2D eigenvalue weighted by Crippen LogP contribution is -2.34. The van der Waals surface area contributed by atoms with Crippen LogP contribution in [0.1, 0.15) is 57.8 Å². The third-order valence-electron chi connectivity index (χ3n) is 5.81. The molecule has 2 aliphatic rings. The molecule has 1 N–H and O–H groups in total. The topological polar surface area (TPSA) is 56.1 Å². The van der Waals surface area contributed by atoms with Gasteiger partial charge in [-0.1, -0.05) is 32.1 Å². The molecule has 134 valence electrons. The van der Waals surface area contributed by atoms with Crippen LogP contribution >= 0.6 is 0 Å². The maximum atomic E-state index is 14.6. The molecule has 1 aromatic rings.